The lowest BCUT2D eigenvalue weighted by atomic mass is 10.1. The summed E-state index contributed by atoms with van der Waals surface area (Å²) in [6, 6.07) is 14.6. The second-order valence-electron chi connectivity index (χ2n) is 5.86. The number of hydrogen-bond acceptors (Lipinski definition) is 3. The minimum Gasteiger partial charge on any atom is -0.489 e. The van der Waals surface area contributed by atoms with E-state index in [1.54, 1.807) is 24.4 Å². The van der Waals surface area contributed by atoms with E-state index >= 15 is 0 Å². The molecule has 0 aliphatic carbocycles. The normalized spacial score (nSPS) is 10.6. The molecule has 2 aromatic carbocycles. The van der Waals surface area contributed by atoms with E-state index in [9.17, 15) is 4.79 Å². The van der Waals surface area contributed by atoms with Crippen LogP contribution in [0.3, 0.4) is 0 Å². The smallest absolute Gasteiger partial charge is 0.255 e. The molecule has 0 saturated carbocycles. The number of nitrogens with one attached hydrogen (secondary N) is 1. The Labute approximate surface area is 157 Å². The quantitative estimate of drug-likeness (QED) is 0.685. The maximum Gasteiger partial charge on any atom is 0.255 e. The van der Waals surface area contributed by atoms with Crippen molar-refractivity contribution in [2.24, 2.45) is 0 Å². The lowest BCUT2D eigenvalue weighted by Gasteiger charge is -2.09. The van der Waals surface area contributed by atoms with Crippen LogP contribution in [0.5, 0.6) is 5.75 Å². The van der Waals surface area contributed by atoms with Crippen LogP contribution in [-0.4, -0.2) is 15.7 Å². The van der Waals surface area contributed by atoms with Crippen molar-refractivity contribution >= 4 is 23.2 Å². The van der Waals surface area contributed by atoms with Crippen LogP contribution in [0.4, 0.5) is 5.69 Å². The summed E-state index contributed by atoms with van der Waals surface area (Å²) in [5.41, 5.74) is 3.14. The van der Waals surface area contributed by atoms with Crippen LogP contribution >= 0.6 is 11.6 Å². The van der Waals surface area contributed by atoms with Gasteiger partial charge in [-0.25, -0.2) is 0 Å². The number of benzene rings is 2. The highest BCUT2D eigenvalue weighted by Crippen LogP contribution is 2.18. The van der Waals surface area contributed by atoms with Crippen molar-refractivity contribution in [1.82, 2.24) is 9.78 Å². The van der Waals surface area contributed by atoms with E-state index in [0.29, 0.717) is 17.2 Å². The molecular weight excluding hydrogens is 350 g/mol. The summed E-state index contributed by atoms with van der Waals surface area (Å²) >= 11 is 5.87. The van der Waals surface area contributed by atoms with Crippen LogP contribution in [0, 0.1) is 6.92 Å². The van der Waals surface area contributed by atoms with Gasteiger partial charge in [0.15, 0.2) is 0 Å². The lowest BCUT2D eigenvalue weighted by Crippen LogP contribution is -2.13. The molecule has 0 spiro atoms. The molecule has 0 radical (unpaired) electrons. The molecule has 1 heterocycles. The number of anilines is 1. The molecule has 0 bridgehead atoms. The third kappa shape index (κ3) is 4.24. The molecule has 0 atom stereocenters. The van der Waals surface area contributed by atoms with Crippen molar-refractivity contribution in [3.63, 3.8) is 0 Å². The fourth-order valence-electron chi connectivity index (χ4n) is 2.58. The molecule has 0 fully saturated rings. The lowest BCUT2D eigenvalue weighted by molar-refractivity contribution is 0.102. The number of rotatable bonds is 6. The summed E-state index contributed by atoms with van der Waals surface area (Å²) < 4.78 is 7.57. The summed E-state index contributed by atoms with van der Waals surface area (Å²) in [7, 11) is 0. The van der Waals surface area contributed by atoms with Gasteiger partial charge in [-0.2, -0.15) is 5.10 Å². The fourth-order valence-corrected chi connectivity index (χ4v) is 2.71. The molecule has 1 N–H and O–H groups in total. The molecular formula is C20H20ClN3O2. The highest BCUT2D eigenvalue weighted by atomic mass is 35.5. The fraction of sp³-hybridized carbons (Fsp3) is 0.200. The number of carbonyl (C=O) groups is 1. The Morgan fingerprint density at radius 2 is 2.00 bits per heavy atom. The van der Waals surface area contributed by atoms with Crippen LogP contribution in [0.15, 0.2) is 54.7 Å². The molecule has 5 nitrogen and oxygen atoms in total. The highest BCUT2D eigenvalue weighted by Gasteiger charge is 2.11. The number of halogens is 1. The van der Waals surface area contributed by atoms with Crippen LogP contribution in [0.2, 0.25) is 5.02 Å². The van der Waals surface area contributed by atoms with Crippen molar-refractivity contribution in [1.29, 1.82) is 0 Å². The molecule has 0 saturated heterocycles. The average molecular weight is 370 g/mol. The Hall–Kier alpha value is -2.79. The Kier molecular flexibility index (Phi) is 5.58. The molecule has 1 amide bonds. The minimum atomic E-state index is -0.169. The zero-order valence-electron chi connectivity index (χ0n) is 14.7. The number of hydrogen-bond donors (Lipinski definition) is 1. The largest absolute Gasteiger partial charge is 0.489 e. The molecule has 1 aromatic heterocycles. The predicted molar refractivity (Wildman–Crippen MR) is 103 cm³/mol. The van der Waals surface area contributed by atoms with E-state index in [2.05, 4.69) is 10.4 Å². The molecule has 26 heavy (non-hydrogen) atoms. The topological polar surface area (TPSA) is 56.2 Å². The number of ether oxygens (including phenoxy) is 1. The number of amides is 1. The molecule has 134 valence electrons. The minimum absolute atomic E-state index is 0.169. The van der Waals surface area contributed by atoms with E-state index in [1.807, 2.05) is 48.9 Å². The number of aryl methyl sites for hydroxylation is 1. The van der Waals surface area contributed by atoms with Gasteiger partial charge in [-0.3, -0.25) is 9.48 Å². The Bertz CT molecular complexity index is 904. The standard InChI is InChI=1S/C20H20ClN3O2/c1-3-24-14(2)19(12-22-24)23-20(25)16-6-4-5-15(11-16)13-26-18-9-7-17(21)8-10-18/h4-12H,3,13H2,1-2H3,(H,23,25). The number of carbonyl (C=O) groups excluding carboxylic acids is 1. The van der Waals surface area contributed by atoms with Crippen molar-refractivity contribution in [2.75, 3.05) is 5.32 Å². The van der Waals surface area contributed by atoms with Crippen molar-refractivity contribution < 1.29 is 9.53 Å². The van der Waals surface area contributed by atoms with Crippen molar-refractivity contribution in [3.8, 4) is 5.75 Å². The van der Waals surface area contributed by atoms with E-state index in [-0.39, 0.29) is 5.91 Å². The summed E-state index contributed by atoms with van der Waals surface area (Å²) in [5.74, 6) is 0.559. The van der Waals surface area contributed by atoms with E-state index in [1.165, 1.54) is 0 Å². The summed E-state index contributed by atoms with van der Waals surface area (Å²) in [6.45, 7) is 5.08. The van der Waals surface area contributed by atoms with Crippen LogP contribution in [0.1, 0.15) is 28.5 Å². The van der Waals surface area contributed by atoms with Gasteiger partial charge in [-0.15, -0.1) is 0 Å². The average Bonchev–Trinajstić information content (AvgIpc) is 3.01. The van der Waals surface area contributed by atoms with Gasteiger partial charge in [0.05, 0.1) is 17.6 Å². The maximum atomic E-state index is 12.5. The Morgan fingerprint density at radius 1 is 1.23 bits per heavy atom. The van der Waals surface area contributed by atoms with Crippen molar-refractivity contribution in [2.45, 2.75) is 27.0 Å². The SMILES string of the molecule is CCn1ncc(NC(=O)c2cccc(COc3ccc(Cl)cc3)c2)c1C. The zero-order valence-corrected chi connectivity index (χ0v) is 15.5. The van der Waals surface area contributed by atoms with Crippen LogP contribution in [-0.2, 0) is 13.2 Å². The molecule has 6 heteroatoms. The molecule has 3 rings (SSSR count). The third-order valence-electron chi connectivity index (χ3n) is 4.06. The second kappa shape index (κ2) is 8.06. The summed E-state index contributed by atoms with van der Waals surface area (Å²) in [6.07, 6.45) is 1.67. The van der Waals surface area contributed by atoms with Gasteiger partial charge in [0.1, 0.15) is 12.4 Å². The van der Waals surface area contributed by atoms with Gasteiger partial charge < -0.3 is 10.1 Å². The zero-order chi connectivity index (χ0) is 18.5. The van der Waals surface area contributed by atoms with E-state index < -0.39 is 0 Å². The first kappa shape index (κ1) is 18.0. The molecule has 3 aromatic rings. The van der Waals surface area contributed by atoms with Gasteiger partial charge in [0.25, 0.3) is 5.91 Å². The van der Waals surface area contributed by atoms with Gasteiger partial charge in [0, 0.05) is 17.1 Å². The van der Waals surface area contributed by atoms with E-state index in [0.717, 1.165) is 29.2 Å². The van der Waals surface area contributed by atoms with Gasteiger partial charge >= 0.3 is 0 Å². The van der Waals surface area contributed by atoms with Crippen LogP contribution < -0.4 is 10.1 Å². The molecule has 0 aliphatic heterocycles. The monoisotopic (exact) mass is 369 g/mol. The van der Waals surface area contributed by atoms with Gasteiger partial charge in [0.2, 0.25) is 0 Å². The molecule has 0 unspecified atom stereocenters. The highest BCUT2D eigenvalue weighted by molar-refractivity contribution is 6.30. The first-order valence-electron chi connectivity index (χ1n) is 8.38. The van der Waals surface area contributed by atoms with E-state index in [4.69, 9.17) is 16.3 Å². The molecule has 0 aliphatic rings. The summed E-state index contributed by atoms with van der Waals surface area (Å²) in [5, 5.41) is 7.82. The Morgan fingerprint density at radius 3 is 2.69 bits per heavy atom. The van der Waals surface area contributed by atoms with Gasteiger partial charge in [-0.1, -0.05) is 23.7 Å². The number of aromatic nitrogens is 2. The Balaban J connectivity index is 1.66. The number of nitrogens with zero attached hydrogens (tertiary/aromatic N) is 2. The predicted octanol–water partition coefficient (Wildman–Crippen LogP) is 4.70. The van der Waals surface area contributed by atoms with Crippen molar-refractivity contribution in [3.05, 3.63) is 76.6 Å². The first-order chi connectivity index (χ1) is 12.6. The second-order valence-corrected chi connectivity index (χ2v) is 6.29. The summed E-state index contributed by atoms with van der Waals surface area (Å²) in [4.78, 5) is 12.5. The van der Waals surface area contributed by atoms with Crippen LogP contribution in [0.25, 0.3) is 0 Å². The first-order valence-corrected chi connectivity index (χ1v) is 8.75. The maximum absolute atomic E-state index is 12.5. The van der Waals surface area contributed by atoms with Gasteiger partial charge in [-0.05, 0) is 55.8 Å². The third-order valence-corrected chi connectivity index (χ3v) is 4.31.